The highest BCUT2D eigenvalue weighted by molar-refractivity contribution is 7.90. The smallest absolute Gasteiger partial charge is 0.175 e. The van der Waals surface area contributed by atoms with Crippen LogP contribution in [-0.2, 0) is 29.2 Å². The number of aliphatic hydroxyl groups is 1. The summed E-state index contributed by atoms with van der Waals surface area (Å²) in [5.74, 6) is 0. The first kappa shape index (κ1) is 16.2. The van der Waals surface area contributed by atoms with E-state index in [2.05, 4.69) is 17.4 Å². The minimum absolute atomic E-state index is 0.0166. The van der Waals surface area contributed by atoms with E-state index in [0.29, 0.717) is 11.4 Å². The molecule has 0 spiro atoms. The second-order valence-corrected chi connectivity index (χ2v) is 8.28. The molecule has 23 heavy (non-hydrogen) atoms. The molecule has 0 bridgehead atoms. The molecular formula is C18H21NO3S. The lowest BCUT2D eigenvalue weighted by Gasteiger charge is -2.28. The molecule has 3 rings (SSSR count). The van der Waals surface area contributed by atoms with Crippen molar-refractivity contribution in [3.05, 3.63) is 65.2 Å². The van der Waals surface area contributed by atoms with Gasteiger partial charge in [-0.05, 0) is 35.6 Å². The van der Waals surface area contributed by atoms with Crippen LogP contribution in [0.25, 0.3) is 0 Å². The second kappa shape index (κ2) is 6.07. The van der Waals surface area contributed by atoms with Gasteiger partial charge in [-0.2, -0.15) is 0 Å². The molecule has 1 aliphatic carbocycles. The molecule has 4 nitrogen and oxygen atoms in total. The van der Waals surface area contributed by atoms with Gasteiger partial charge >= 0.3 is 0 Å². The number of aliphatic hydroxyl groups excluding tert-OH is 1. The zero-order valence-corrected chi connectivity index (χ0v) is 13.9. The summed E-state index contributed by atoms with van der Waals surface area (Å²) < 4.78 is 23.8. The molecule has 5 heteroatoms. The fraction of sp³-hybridized carbons (Fsp3) is 0.333. The van der Waals surface area contributed by atoms with Crippen molar-refractivity contribution in [1.82, 2.24) is 5.32 Å². The van der Waals surface area contributed by atoms with Crippen LogP contribution >= 0.6 is 0 Å². The molecule has 0 atom stereocenters. The van der Waals surface area contributed by atoms with Gasteiger partial charge in [-0.25, -0.2) is 8.42 Å². The van der Waals surface area contributed by atoms with Crippen LogP contribution in [0.15, 0.2) is 53.4 Å². The Morgan fingerprint density at radius 1 is 1.04 bits per heavy atom. The van der Waals surface area contributed by atoms with Gasteiger partial charge in [0.05, 0.1) is 11.5 Å². The van der Waals surface area contributed by atoms with Crippen molar-refractivity contribution in [3.8, 4) is 0 Å². The summed E-state index contributed by atoms with van der Waals surface area (Å²) in [6, 6.07) is 15.2. The monoisotopic (exact) mass is 331 g/mol. The van der Waals surface area contributed by atoms with E-state index in [1.165, 1.54) is 17.4 Å². The maximum atomic E-state index is 11.9. The van der Waals surface area contributed by atoms with Crippen LogP contribution in [0, 0.1) is 0 Å². The van der Waals surface area contributed by atoms with Crippen molar-refractivity contribution in [1.29, 1.82) is 0 Å². The van der Waals surface area contributed by atoms with Crippen molar-refractivity contribution < 1.29 is 13.5 Å². The Morgan fingerprint density at radius 2 is 1.61 bits per heavy atom. The Hall–Kier alpha value is -1.69. The Balaban J connectivity index is 1.81. The van der Waals surface area contributed by atoms with Crippen molar-refractivity contribution in [2.24, 2.45) is 0 Å². The SMILES string of the molecule is CS(=O)(=O)c1ccccc1CNC1(CO)Cc2ccccc2C1. The van der Waals surface area contributed by atoms with Crippen molar-refractivity contribution in [2.45, 2.75) is 29.8 Å². The summed E-state index contributed by atoms with van der Waals surface area (Å²) in [5.41, 5.74) is 2.79. The minimum Gasteiger partial charge on any atom is -0.394 e. The number of benzene rings is 2. The number of hydrogen-bond donors (Lipinski definition) is 2. The van der Waals surface area contributed by atoms with Crippen molar-refractivity contribution in [2.75, 3.05) is 12.9 Å². The molecule has 0 aromatic heterocycles. The average molecular weight is 331 g/mol. The van der Waals surface area contributed by atoms with Gasteiger partial charge in [0, 0.05) is 18.3 Å². The van der Waals surface area contributed by atoms with Gasteiger partial charge in [-0.3, -0.25) is 0 Å². The summed E-state index contributed by atoms with van der Waals surface area (Å²) in [4.78, 5) is 0.344. The van der Waals surface area contributed by atoms with Gasteiger partial charge < -0.3 is 10.4 Å². The van der Waals surface area contributed by atoms with Crippen LogP contribution in [0.5, 0.6) is 0 Å². The van der Waals surface area contributed by atoms with Crippen molar-refractivity contribution in [3.63, 3.8) is 0 Å². The minimum atomic E-state index is -3.26. The zero-order valence-electron chi connectivity index (χ0n) is 13.1. The van der Waals surface area contributed by atoms with Crippen molar-refractivity contribution >= 4 is 9.84 Å². The molecule has 0 saturated heterocycles. The predicted molar refractivity (Wildman–Crippen MR) is 90.1 cm³/mol. The molecular weight excluding hydrogens is 310 g/mol. The van der Waals surface area contributed by atoms with E-state index in [1.807, 2.05) is 24.3 Å². The maximum Gasteiger partial charge on any atom is 0.175 e. The van der Waals surface area contributed by atoms with Crippen LogP contribution in [0.2, 0.25) is 0 Å². The van der Waals surface area contributed by atoms with Crippen LogP contribution in [0.1, 0.15) is 16.7 Å². The topological polar surface area (TPSA) is 66.4 Å². The quantitative estimate of drug-likeness (QED) is 0.875. The average Bonchev–Trinajstić information content (AvgIpc) is 2.91. The predicted octanol–water partition coefficient (Wildman–Crippen LogP) is 1.71. The van der Waals surface area contributed by atoms with E-state index in [-0.39, 0.29) is 6.61 Å². The lowest BCUT2D eigenvalue weighted by molar-refractivity contribution is 0.165. The van der Waals surface area contributed by atoms with E-state index in [9.17, 15) is 13.5 Å². The summed E-state index contributed by atoms with van der Waals surface area (Å²) >= 11 is 0. The first-order chi connectivity index (χ1) is 10.9. The van der Waals surface area contributed by atoms with E-state index >= 15 is 0 Å². The third-order valence-corrected chi connectivity index (χ3v) is 5.70. The van der Waals surface area contributed by atoms with Gasteiger partial charge in [-0.15, -0.1) is 0 Å². The Morgan fingerprint density at radius 3 is 2.17 bits per heavy atom. The highest BCUT2D eigenvalue weighted by atomic mass is 32.2. The molecule has 0 heterocycles. The number of fused-ring (bicyclic) bond motifs is 1. The Labute approximate surface area is 137 Å². The van der Waals surface area contributed by atoms with Gasteiger partial charge in [0.25, 0.3) is 0 Å². The Kier molecular flexibility index (Phi) is 4.27. The lowest BCUT2D eigenvalue weighted by Crippen LogP contribution is -2.49. The molecule has 2 aromatic rings. The molecule has 1 aliphatic rings. The van der Waals surface area contributed by atoms with Crippen LogP contribution in [0.3, 0.4) is 0 Å². The van der Waals surface area contributed by atoms with Gasteiger partial charge in [-0.1, -0.05) is 42.5 Å². The molecule has 122 valence electrons. The first-order valence-corrected chi connectivity index (χ1v) is 9.53. The third-order valence-electron chi connectivity index (χ3n) is 4.50. The van der Waals surface area contributed by atoms with E-state index in [4.69, 9.17) is 0 Å². The summed E-state index contributed by atoms with van der Waals surface area (Å²) in [6.45, 7) is 0.431. The normalized spacial score (nSPS) is 16.3. The number of sulfone groups is 1. The van der Waals surface area contributed by atoms with Gasteiger partial charge in [0.2, 0.25) is 0 Å². The van der Waals surface area contributed by atoms with E-state index in [1.54, 1.807) is 12.1 Å². The van der Waals surface area contributed by atoms with Gasteiger partial charge in [0.1, 0.15) is 0 Å². The molecule has 0 radical (unpaired) electrons. The fourth-order valence-corrected chi connectivity index (χ4v) is 4.22. The van der Waals surface area contributed by atoms with Crippen LogP contribution in [-0.4, -0.2) is 31.9 Å². The number of nitrogens with one attached hydrogen (secondary N) is 1. The van der Waals surface area contributed by atoms with Crippen LogP contribution in [0.4, 0.5) is 0 Å². The number of rotatable bonds is 5. The summed E-state index contributed by atoms with van der Waals surface area (Å²) in [6.07, 6.45) is 2.72. The fourth-order valence-electron chi connectivity index (χ4n) is 3.28. The summed E-state index contributed by atoms with van der Waals surface area (Å²) in [7, 11) is -3.26. The highest BCUT2D eigenvalue weighted by Crippen LogP contribution is 2.30. The molecule has 2 aromatic carbocycles. The molecule has 0 amide bonds. The lowest BCUT2D eigenvalue weighted by atomic mass is 9.96. The van der Waals surface area contributed by atoms with E-state index < -0.39 is 15.4 Å². The Bertz CT molecular complexity index is 790. The number of hydrogen-bond acceptors (Lipinski definition) is 4. The zero-order chi connectivity index (χ0) is 16.5. The van der Waals surface area contributed by atoms with E-state index in [0.717, 1.165) is 18.4 Å². The van der Waals surface area contributed by atoms with Crippen LogP contribution < -0.4 is 5.32 Å². The molecule has 0 unspecified atom stereocenters. The molecule has 2 N–H and O–H groups in total. The molecule has 0 aliphatic heterocycles. The maximum absolute atomic E-state index is 11.9. The summed E-state index contributed by atoms with van der Waals surface area (Å²) in [5, 5.41) is 13.3. The third kappa shape index (κ3) is 3.32. The van der Waals surface area contributed by atoms with Gasteiger partial charge in [0.15, 0.2) is 9.84 Å². The molecule has 0 fully saturated rings. The first-order valence-electron chi connectivity index (χ1n) is 7.64. The largest absolute Gasteiger partial charge is 0.394 e. The molecule has 0 saturated carbocycles. The second-order valence-electron chi connectivity index (χ2n) is 6.29. The standard InChI is InChI=1S/C18H21NO3S/c1-23(21,22)17-9-5-4-8-16(17)12-19-18(13-20)10-14-6-2-3-7-15(14)11-18/h2-9,19-20H,10-13H2,1H3. The highest BCUT2D eigenvalue weighted by Gasteiger charge is 2.36.